The third kappa shape index (κ3) is 5.69. The zero-order valence-corrected chi connectivity index (χ0v) is 12.1. The molecule has 4 heteroatoms. The summed E-state index contributed by atoms with van der Waals surface area (Å²) in [6.45, 7) is 6.80. The quantitative estimate of drug-likeness (QED) is 0.693. The Kier molecular flexibility index (Phi) is 7.78. The van der Waals surface area contributed by atoms with Crippen LogP contribution in [0.2, 0.25) is 5.02 Å². The summed E-state index contributed by atoms with van der Waals surface area (Å²) in [7, 11) is 0. The fourth-order valence-corrected chi connectivity index (χ4v) is 1.77. The standard InChI is InChI=1S/C14H23ClN2O/c1-3-5-6-8-18-14-9-12(10-16-7-4-2)13(15)11-17-14/h9,11,16H,3-8,10H2,1-2H3. The molecule has 0 aliphatic rings. The van der Waals surface area contributed by atoms with Crippen LogP contribution in [0.3, 0.4) is 0 Å². The van der Waals surface area contributed by atoms with Crippen molar-refractivity contribution in [2.24, 2.45) is 0 Å². The Bertz CT molecular complexity index is 345. The summed E-state index contributed by atoms with van der Waals surface area (Å²) in [5.74, 6) is 0.670. The third-order valence-electron chi connectivity index (χ3n) is 2.65. The van der Waals surface area contributed by atoms with E-state index in [9.17, 15) is 0 Å². The van der Waals surface area contributed by atoms with Gasteiger partial charge in [0.25, 0.3) is 0 Å². The lowest BCUT2D eigenvalue weighted by Gasteiger charge is -2.09. The number of nitrogens with one attached hydrogen (secondary N) is 1. The maximum atomic E-state index is 6.10. The molecule has 0 aliphatic heterocycles. The van der Waals surface area contributed by atoms with Crippen molar-refractivity contribution in [3.63, 3.8) is 0 Å². The lowest BCUT2D eigenvalue weighted by molar-refractivity contribution is 0.294. The molecule has 102 valence electrons. The molecule has 0 saturated heterocycles. The minimum absolute atomic E-state index is 0.670. The Morgan fingerprint density at radius 2 is 2.11 bits per heavy atom. The monoisotopic (exact) mass is 270 g/mol. The molecule has 0 radical (unpaired) electrons. The van der Waals surface area contributed by atoms with Crippen molar-refractivity contribution in [3.8, 4) is 5.88 Å². The first kappa shape index (κ1) is 15.3. The molecule has 18 heavy (non-hydrogen) atoms. The van der Waals surface area contributed by atoms with Gasteiger partial charge in [-0.05, 0) is 24.9 Å². The van der Waals surface area contributed by atoms with Crippen molar-refractivity contribution in [2.75, 3.05) is 13.2 Å². The van der Waals surface area contributed by atoms with Crippen molar-refractivity contribution in [1.29, 1.82) is 0 Å². The van der Waals surface area contributed by atoms with Gasteiger partial charge < -0.3 is 10.1 Å². The van der Waals surface area contributed by atoms with Crippen LogP contribution < -0.4 is 10.1 Å². The third-order valence-corrected chi connectivity index (χ3v) is 2.99. The first-order chi connectivity index (χ1) is 8.77. The van der Waals surface area contributed by atoms with Gasteiger partial charge >= 0.3 is 0 Å². The number of hydrogen-bond donors (Lipinski definition) is 1. The first-order valence-corrected chi connectivity index (χ1v) is 7.13. The van der Waals surface area contributed by atoms with Crippen LogP contribution in [0.4, 0.5) is 0 Å². The van der Waals surface area contributed by atoms with Gasteiger partial charge in [-0.2, -0.15) is 0 Å². The van der Waals surface area contributed by atoms with Crippen LogP contribution in [-0.4, -0.2) is 18.1 Å². The van der Waals surface area contributed by atoms with Crippen LogP contribution in [0.15, 0.2) is 12.3 Å². The normalized spacial score (nSPS) is 10.6. The number of hydrogen-bond acceptors (Lipinski definition) is 3. The highest BCUT2D eigenvalue weighted by Gasteiger charge is 2.04. The second kappa shape index (κ2) is 9.17. The second-order valence-corrected chi connectivity index (χ2v) is 4.75. The van der Waals surface area contributed by atoms with Gasteiger partial charge in [-0.1, -0.05) is 38.3 Å². The Morgan fingerprint density at radius 1 is 1.28 bits per heavy atom. The van der Waals surface area contributed by atoms with E-state index in [4.69, 9.17) is 16.3 Å². The van der Waals surface area contributed by atoms with Gasteiger partial charge in [0.1, 0.15) is 0 Å². The molecule has 0 fully saturated rings. The highest BCUT2D eigenvalue weighted by Crippen LogP contribution is 2.19. The smallest absolute Gasteiger partial charge is 0.213 e. The molecule has 1 aromatic heterocycles. The molecule has 0 bridgehead atoms. The minimum atomic E-state index is 0.670. The number of nitrogens with zero attached hydrogens (tertiary/aromatic N) is 1. The fourth-order valence-electron chi connectivity index (χ4n) is 1.60. The van der Waals surface area contributed by atoms with Gasteiger partial charge in [0, 0.05) is 18.8 Å². The molecular weight excluding hydrogens is 248 g/mol. The predicted molar refractivity (Wildman–Crippen MR) is 76.3 cm³/mol. The number of aromatic nitrogens is 1. The molecule has 1 rings (SSSR count). The summed E-state index contributed by atoms with van der Waals surface area (Å²) in [6.07, 6.45) is 6.25. The molecule has 1 heterocycles. The molecule has 0 aliphatic carbocycles. The van der Waals surface area contributed by atoms with Crippen LogP contribution in [0.5, 0.6) is 5.88 Å². The minimum Gasteiger partial charge on any atom is -0.478 e. The number of ether oxygens (including phenoxy) is 1. The molecule has 1 aromatic rings. The summed E-state index contributed by atoms with van der Waals surface area (Å²) >= 11 is 6.10. The zero-order valence-electron chi connectivity index (χ0n) is 11.3. The van der Waals surface area contributed by atoms with E-state index < -0.39 is 0 Å². The Morgan fingerprint density at radius 3 is 2.83 bits per heavy atom. The number of rotatable bonds is 9. The summed E-state index contributed by atoms with van der Waals surface area (Å²) in [4.78, 5) is 4.18. The predicted octanol–water partition coefficient (Wildman–Crippen LogP) is 3.80. The molecule has 0 amide bonds. The molecule has 3 nitrogen and oxygen atoms in total. The van der Waals surface area contributed by atoms with Crippen LogP contribution >= 0.6 is 11.6 Å². The van der Waals surface area contributed by atoms with E-state index in [1.165, 1.54) is 12.8 Å². The Labute approximate surface area is 115 Å². The number of unbranched alkanes of at least 4 members (excludes halogenated alkanes) is 2. The van der Waals surface area contributed by atoms with E-state index >= 15 is 0 Å². The van der Waals surface area contributed by atoms with E-state index in [1.54, 1.807) is 6.20 Å². The number of pyridine rings is 1. The average molecular weight is 271 g/mol. The topological polar surface area (TPSA) is 34.1 Å². The Balaban J connectivity index is 2.46. The lowest BCUT2D eigenvalue weighted by Crippen LogP contribution is -2.14. The van der Waals surface area contributed by atoms with E-state index in [0.717, 1.165) is 38.1 Å². The molecule has 0 aromatic carbocycles. The highest BCUT2D eigenvalue weighted by atomic mass is 35.5. The van der Waals surface area contributed by atoms with Crippen molar-refractivity contribution >= 4 is 11.6 Å². The van der Waals surface area contributed by atoms with Gasteiger partial charge in [-0.15, -0.1) is 0 Å². The molecule has 0 saturated carbocycles. The lowest BCUT2D eigenvalue weighted by atomic mass is 10.2. The summed E-state index contributed by atoms with van der Waals surface area (Å²) in [6, 6.07) is 1.93. The average Bonchev–Trinajstić information content (AvgIpc) is 2.38. The summed E-state index contributed by atoms with van der Waals surface area (Å²) < 4.78 is 5.61. The van der Waals surface area contributed by atoms with E-state index in [2.05, 4.69) is 24.1 Å². The SMILES string of the molecule is CCCCCOc1cc(CNCCC)c(Cl)cn1. The second-order valence-electron chi connectivity index (χ2n) is 4.35. The summed E-state index contributed by atoms with van der Waals surface area (Å²) in [5, 5.41) is 4.02. The zero-order chi connectivity index (χ0) is 13.2. The summed E-state index contributed by atoms with van der Waals surface area (Å²) in [5.41, 5.74) is 1.05. The molecule has 1 N–H and O–H groups in total. The van der Waals surface area contributed by atoms with E-state index in [-0.39, 0.29) is 0 Å². The largest absolute Gasteiger partial charge is 0.478 e. The fraction of sp³-hybridized carbons (Fsp3) is 0.643. The van der Waals surface area contributed by atoms with E-state index in [0.29, 0.717) is 10.9 Å². The maximum Gasteiger partial charge on any atom is 0.213 e. The Hall–Kier alpha value is -0.800. The van der Waals surface area contributed by atoms with Crippen molar-refractivity contribution < 1.29 is 4.74 Å². The van der Waals surface area contributed by atoms with Crippen molar-refractivity contribution in [3.05, 3.63) is 22.8 Å². The molecular formula is C14H23ClN2O. The van der Waals surface area contributed by atoms with Crippen LogP contribution in [0, 0.1) is 0 Å². The van der Waals surface area contributed by atoms with Crippen LogP contribution in [-0.2, 0) is 6.54 Å². The molecule has 0 unspecified atom stereocenters. The van der Waals surface area contributed by atoms with E-state index in [1.807, 2.05) is 6.07 Å². The number of halogens is 1. The van der Waals surface area contributed by atoms with Gasteiger partial charge in [-0.25, -0.2) is 4.98 Å². The molecule has 0 atom stereocenters. The highest BCUT2D eigenvalue weighted by molar-refractivity contribution is 6.31. The maximum absolute atomic E-state index is 6.10. The van der Waals surface area contributed by atoms with Gasteiger partial charge in [0.2, 0.25) is 5.88 Å². The van der Waals surface area contributed by atoms with Crippen LogP contribution in [0.1, 0.15) is 45.1 Å². The van der Waals surface area contributed by atoms with Crippen molar-refractivity contribution in [2.45, 2.75) is 46.1 Å². The molecule has 0 spiro atoms. The van der Waals surface area contributed by atoms with Crippen molar-refractivity contribution in [1.82, 2.24) is 10.3 Å². The van der Waals surface area contributed by atoms with Gasteiger partial charge in [0.05, 0.1) is 11.6 Å². The first-order valence-electron chi connectivity index (χ1n) is 6.75. The van der Waals surface area contributed by atoms with Gasteiger partial charge in [-0.3, -0.25) is 0 Å². The van der Waals surface area contributed by atoms with Crippen LogP contribution in [0.25, 0.3) is 0 Å². The van der Waals surface area contributed by atoms with Gasteiger partial charge in [0.15, 0.2) is 0 Å².